The highest BCUT2D eigenvalue weighted by Gasteiger charge is 2.22. The number of benzene rings is 1. The Kier molecular flexibility index (Phi) is 3.26. The molecule has 18 heavy (non-hydrogen) atoms. The highest BCUT2D eigenvalue weighted by molar-refractivity contribution is 9.10. The van der Waals surface area contributed by atoms with Gasteiger partial charge in [0.1, 0.15) is 4.90 Å². The van der Waals surface area contributed by atoms with Crippen molar-refractivity contribution in [2.75, 3.05) is 10.5 Å². The number of sulfonamides is 1. The molecule has 0 bridgehead atoms. The number of H-pyrrole nitrogens is 1. The van der Waals surface area contributed by atoms with E-state index in [2.05, 4.69) is 30.8 Å². The minimum Gasteiger partial charge on any atom is -0.399 e. The van der Waals surface area contributed by atoms with Crippen LogP contribution >= 0.6 is 15.9 Å². The second kappa shape index (κ2) is 4.58. The van der Waals surface area contributed by atoms with E-state index in [0.717, 1.165) is 6.07 Å². The predicted molar refractivity (Wildman–Crippen MR) is 67.9 cm³/mol. The van der Waals surface area contributed by atoms with Gasteiger partial charge in [0, 0.05) is 11.9 Å². The zero-order valence-corrected chi connectivity index (χ0v) is 11.2. The van der Waals surface area contributed by atoms with Gasteiger partial charge in [-0.25, -0.2) is 12.8 Å². The second-order valence-electron chi connectivity index (χ2n) is 3.41. The molecule has 1 aromatic heterocycles. The molecule has 0 aliphatic heterocycles. The minimum atomic E-state index is -4.05. The van der Waals surface area contributed by atoms with Crippen molar-refractivity contribution in [1.82, 2.24) is 10.2 Å². The fraction of sp³-hybridized carbons (Fsp3) is 0. The number of aromatic amines is 1. The molecule has 0 aliphatic carbocycles. The van der Waals surface area contributed by atoms with Gasteiger partial charge < -0.3 is 5.73 Å². The van der Waals surface area contributed by atoms with E-state index in [1.54, 1.807) is 0 Å². The molecule has 0 spiro atoms. The lowest BCUT2D eigenvalue weighted by atomic mass is 10.3. The van der Waals surface area contributed by atoms with Crippen LogP contribution in [0.3, 0.4) is 0 Å². The van der Waals surface area contributed by atoms with E-state index >= 15 is 0 Å². The molecule has 0 atom stereocenters. The first-order chi connectivity index (χ1) is 8.40. The van der Waals surface area contributed by atoms with Gasteiger partial charge in [-0.05, 0) is 28.1 Å². The van der Waals surface area contributed by atoms with Crippen LogP contribution in [0.1, 0.15) is 0 Å². The van der Waals surface area contributed by atoms with Crippen molar-refractivity contribution in [3.05, 3.63) is 34.8 Å². The molecule has 0 radical (unpaired) electrons. The minimum absolute atomic E-state index is 0.0185. The molecule has 4 N–H and O–H groups in total. The Morgan fingerprint density at radius 3 is 2.78 bits per heavy atom. The molecule has 0 aliphatic rings. The Hall–Kier alpha value is -1.61. The summed E-state index contributed by atoms with van der Waals surface area (Å²) in [6.45, 7) is 0. The lowest BCUT2D eigenvalue weighted by Crippen LogP contribution is -2.15. The largest absolute Gasteiger partial charge is 0.399 e. The Labute approximate surface area is 111 Å². The van der Waals surface area contributed by atoms with E-state index in [1.165, 1.54) is 18.5 Å². The molecular formula is C9H8BrFN4O2S. The van der Waals surface area contributed by atoms with Crippen LogP contribution in [0.15, 0.2) is 33.9 Å². The first-order valence-electron chi connectivity index (χ1n) is 4.66. The summed E-state index contributed by atoms with van der Waals surface area (Å²) in [6.07, 6.45) is 2.59. The Balaban J connectivity index is 2.48. The van der Waals surface area contributed by atoms with Crippen molar-refractivity contribution in [3.8, 4) is 0 Å². The van der Waals surface area contributed by atoms with E-state index < -0.39 is 20.7 Å². The van der Waals surface area contributed by atoms with Crippen molar-refractivity contribution in [3.63, 3.8) is 0 Å². The molecule has 0 amide bonds. The number of hydrogen-bond acceptors (Lipinski definition) is 4. The van der Waals surface area contributed by atoms with E-state index in [1.807, 2.05) is 0 Å². The lowest BCUT2D eigenvalue weighted by molar-refractivity contribution is 0.567. The summed E-state index contributed by atoms with van der Waals surface area (Å²) >= 11 is 2.90. The summed E-state index contributed by atoms with van der Waals surface area (Å²) in [7, 11) is -4.05. The van der Waals surface area contributed by atoms with Crippen LogP contribution in [-0.2, 0) is 10.0 Å². The number of nitrogens with one attached hydrogen (secondary N) is 2. The van der Waals surface area contributed by atoms with Gasteiger partial charge in [-0.1, -0.05) is 0 Å². The first kappa shape index (κ1) is 12.8. The summed E-state index contributed by atoms with van der Waals surface area (Å²) in [5.41, 5.74) is 5.83. The monoisotopic (exact) mass is 334 g/mol. The normalized spacial score (nSPS) is 11.4. The maximum absolute atomic E-state index is 13.8. The van der Waals surface area contributed by atoms with Crippen LogP contribution in [0, 0.1) is 5.82 Å². The first-order valence-corrected chi connectivity index (χ1v) is 6.94. The van der Waals surface area contributed by atoms with Crippen molar-refractivity contribution >= 4 is 37.3 Å². The predicted octanol–water partition coefficient (Wildman–Crippen LogP) is 1.69. The van der Waals surface area contributed by atoms with E-state index in [-0.39, 0.29) is 15.8 Å². The number of nitrogens with two attached hydrogens (primary N) is 1. The fourth-order valence-electron chi connectivity index (χ4n) is 1.30. The van der Waals surface area contributed by atoms with Crippen LogP contribution in [0.25, 0.3) is 0 Å². The molecule has 0 fully saturated rings. The molecule has 0 unspecified atom stereocenters. The quantitative estimate of drug-likeness (QED) is 0.743. The molecule has 6 nitrogen and oxygen atoms in total. The zero-order chi connectivity index (χ0) is 13.3. The van der Waals surface area contributed by atoms with Gasteiger partial charge in [0.25, 0.3) is 10.0 Å². The molecule has 1 aromatic carbocycles. The van der Waals surface area contributed by atoms with Gasteiger partial charge in [-0.2, -0.15) is 5.10 Å². The molecular weight excluding hydrogens is 327 g/mol. The molecule has 0 saturated heterocycles. The average Bonchev–Trinajstić information content (AvgIpc) is 2.75. The smallest absolute Gasteiger partial charge is 0.265 e. The van der Waals surface area contributed by atoms with Crippen molar-refractivity contribution < 1.29 is 12.8 Å². The summed E-state index contributed by atoms with van der Waals surface area (Å²) < 4.78 is 39.8. The molecule has 1 heterocycles. The van der Waals surface area contributed by atoms with Crippen LogP contribution in [0.2, 0.25) is 0 Å². The number of nitrogen functional groups attached to an aromatic ring is 1. The number of hydrogen-bond donors (Lipinski definition) is 3. The number of halogens is 2. The number of anilines is 2. The summed E-state index contributed by atoms with van der Waals surface area (Å²) in [6, 6.07) is 2.33. The third-order valence-electron chi connectivity index (χ3n) is 2.06. The van der Waals surface area contributed by atoms with Crippen molar-refractivity contribution in [1.29, 1.82) is 0 Å². The third kappa shape index (κ3) is 2.46. The van der Waals surface area contributed by atoms with Crippen LogP contribution in [0.5, 0.6) is 0 Å². The lowest BCUT2D eigenvalue weighted by Gasteiger charge is -2.08. The van der Waals surface area contributed by atoms with Crippen LogP contribution < -0.4 is 10.5 Å². The number of nitrogens with zero attached hydrogens (tertiary/aromatic N) is 1. The van der Waals surface area contributed by atoms with Crippen LogP contribution in [-0.4, -0.2) is 18.6 Å². The summed E-state index contributed by atoms with van der Waals surface area (Å²) in [5, 5.41) is 6.01. The zero-order valence-electron chi connectivity index (χ0n) is 8.81. The third-order valence-corrected chi connectivity index (χ3v) is 4.01. The summed E-state index contributed by atoms with van der Waals surface area (Å²) in [5.74, 6) is -0.903. The molecule has 0 saturated carbocycles. The topological polar surface area (TPSA) is 101 Å². The maximum Gasteiger partial charge on any atom is 0.265 e. The Bertz CT molecular complexity index is 672. The van der Waals surface area contributed by atoms with Gasteiger partial charge >= 0.3 is 0 Å². The number of aromatic nitrogens is 2. The van der Waals surface area contributed by atoms with E-state index in [9.17, 15) is 12.8 Å². The van der Waals surface area contributed by atoms with Gasteiger partial charge in [0.2, 0.25) is 0 Å². The van der Waals surface area contributed by atoms with Crippen molar-refractivity contribution in [2.24, 2.45) is 0 Å². The fourth-order valence-corrected chi connectivity index (χ4v) is 3.07. The average molecular weight is 335 g/mol. The molecule has 9 heteroatoms. The highest BCUT2D eigenvalue weighted by Crippen LogP contribution is 2.27. The molecule has 2 rings (SSSR count). The van der Waals surface area contributed by atoms with Gasteiger partial charge in [-0.15, -0.1) is 0 Å². The Morgan fingerprint density at radius 1 is 1.44 bits per heavy atom. The van der Waals surface area contributed by atoms with Crippen molar-refractivity contribution in [2.45, 2.75) is 4.90 Å². The SMILES string of the molecule is Nc1cc(Br)c(F)c(S(=O)(=O)Nc2cn[nH]c2)c1. The van der Waals surface area contributed by atoms with Crippen LogP contribution in [0.4, 0.5) is 15.8 Å². The van der Waals surface area contributed by atoms with Gasteiger partial charge in [0.15, 0.2) is 5.82 Å². The summed E-state index contributed by atoms with van der Waals surface area (Å²) in [4.78, 5) is -0.532. The molecule has 2 aromatic rings. The second-order valence-corrected chi connectivity index (χ2v) is 5.91. The Morgan fingerprint density at radius 2 is 2.17 bits per heavy atom. The van der Waals surface area contributed by atoms with Gasteiger partial charge in [0.05, 0.1) is 16.4 Å². The molecule has 96 valence electrons. The number of rotatable bonds is 3. The maximum atomic E-state index is 13.8. The highest BCUT2D eigenvalue weighted by atomic mass is 79.9. The van der Waals surface area contributed by atoms with Gasteiger partial charge in [-0.3, -0.25) is 9.82 Å². The van der Waals surface area contributed by atoms with E-state index in [4.69, 9.17) is 5.73 Å². The van der Waals surface area contributed by atoms with E-state index in [0.29, 0.717) is 0 Å². The standard InChI is InChI=1S/C9H8BrFN4O2S/c10-7-1-5(12)2-8(9(7)11)18(16,17)15-6-3-13-14-4-6/h1-4,15H,12H2,(H,13,14).